The van der Waals surface area contributed by atoms with E-state index < -0.39 is 5.95 Å². The Hall–Kier alpha value is -4.31. The van der Waals surface area contributed by atoms with Gasteiger partial charge < -0.3 is 4.98 Å². The lowest BCUT2D eigenvalue weighted by atomic mass is 9.81. The van der Waals surface area contributed by atoms with Gasteiger partial charge in [0, 0.05) is 33.7 Å². The van der Waals surface area contributed by atoms with Gasteiger partial charge in [-0.2, -0.15) is 4.39 Å². The monoisotopic (exact) mass is 583 g/mol. The van der Waals surface area contributed by atoms with Crippen molar-refractivity contribution in [3.8, 4) is 33.6 Å². The van der Waals surface area contributed by atoms with Crippen LogP contribution in [-0.2, 0) is 16.2 Å². The molecule has 4 heteroatoms. The van der Waals surface area contributed by atoms with E-state index in [0.29, 0.717) is 5.69 Å². The predicted octanol–water partition coefficient (Wildman–Crippen LogP) is 11.1. The number of fused-ring (bicyclic) bond motifs is 3. The molecule has 0 aliphatic heterocycles. The maximum atomic E-state index is 14.3. The van der Waals surface area contributed by atoms with Crippen molar-refractivity contribution in [2.45, 2.75) is 78.6 Å². The number of H-pyrrole nitrogens is 1. The Bertz CT molecular complexity index is 2010. The van der Waals surface area contributed by atoms with Gasteiger partial charge in [0.25, 0.3) is 0 Å². The van der Waals surface area contributed by atoms with E-state index in [0.717, 1.165) is 39.0 Å². The first-order chi connectivity index (χ1) is 20.6. The summed E-state index contributed by atoms with van der Waals surface area (Å²) < 4.78 is 14.3. The number of aromatic nitrogens is 3. The molecule has 0 aliphatic rings. The molecule has 0 spiro atoms. The molecule has 1 N–H and O–H groups in total. The Morgan fingerprint density at radius 3 is 1.66 bits per heavy atom. The minimum atomic E-state index is -0.477. The second-order valence-corrected chi connectivity index (χ2v) is 15.1. The third-order valence-corrected chi connectivity index (χ3v) is 8.61. The molecule has 3 heterocycles. The minimum Gasteiger partial charge on any atom is -0.353 e. The van der Waals surface area contributed by atoms with Gasteiger partial charge in [0.1, 0.15) is 0 Å². The van der Waals surface area contributed by atoms with Gasteiger partial charge in [0.2, 0.25) is 5.95 Å². The van der Waals surface area contributed by atoms with Crippen molar-refractivity contribution >= 4 is 21.8 Å². The third kappa shape index (κ3) is 5.54. The van der Waals surface area contributed by atoms with Gasteiger partial charge in [-0.3, -0.25) is 4.98 Å². The van der Waals surface area contributed by atoms with Crippen molar-refractivity contribution in [2.24, 2.45) is 0 Å². The van der Waals surface area contributed by atoms with E-state index in [1.165, 1.54) is 33.5 Å². The third-order valence-electron chi connectivity index (χ3n) is 8.61. The molecule has 0 radical (unpaired) electrons. The first-order valence-corrected chi connectivity index (χ1v) is 15.4. The molecule has 3 nitrogen and oxygen atoms in total. The Balaban J connectivity index is 1.74. The smallest absolute Gasteiger partial charge is 0.213 e. The zero-order valence-corrected chi connectivity index (χ0v) is 27.4. The summed E-state index contributed by atoms with van der Waals surface area (Å²) >= 11 is 0. The summed E-state index contributed by atoms with van der Waals surface area (Å²) in [6.45, 7) is 20.2. The summed E-state index contributed by atoms with van der Waals surface area (Å²) in [6.07, 6.45) is 1.86. The highest BCUT2D eigenvalue weighted by Gasteiger charge is 2.24. The molecule has 3 aromatic carbocycles. The molecule has 3 aromatic heterocycles. The molecule has 0 amide bonds. The molecule has 44 heavy (non-hydrogen) atoms. The summed E-state index contributed by atoms with van der Waals surface area (Å²) in [5, 5.41) is 2.39. The summed E-state index contributed by atoms with van der Waals surface area (Å²) in [5.74, 6) is -0.477. The molecule has 6 rings (SSSR count). The van der Waals surface area contributed by atoms with Crippen LogP contribution in [0.1, 0.15) is 79.0 Å². The average Bonchev–Trinajstić information content (AvgIpc) is 3.34. The van der Waals surface area contributed by atoms with Gasteiger partial charge in [-0.15, -0.1) is 0 Å². The zero-order valence-electron chi connectivity index (χ0n) is 27.4. The van der Waals surface area contributed by atoms with Gasteiger partial charge in [0.15, 0.2) is 0 Å². The number of aromatic amines is 1. The lowest BCUT2D eigenvalue weighted by Crippen LogP contribution is -2.12. The van der Waals surface area contributed by atoms with Crippen LogP contribution in [0.15, 0.2) is 85.1 Å². The number of nitrogens with one attached hydrogen (secondary N) is 1. The average molecular weight is 584 g/mol. The van der Waals surface area contributed by atoms with Crippen LogP contribution in [0, 0.1) is 5.95 Å². The molecule has 0 aliphatic carbocycles. The van der Waals surface area contributed by atoms with Crippen molar-refractivity contribution in [1.82, 2.24) is 15.0 Å². The van der Waals surface area contributed by atoms with E-state index in [9.17, 15) is 4.39 Å². The Morgan fingerprint density at radius 2 is 1.09 bits per heavy atom. The molecule has 0 saturated carbocycles. The Morgan fingerprint density at radius 1 is 0.545 bits per heavy atom. The van der Waals surface area contributed by atoms with Crippen molar-refractivity contribution in [2.75, 3.05) is 0 Å². The summed E-state index contributed by atoms with van der Waals surface area (Å²) in [7, 11) is 0. The number of rotatable bonds is 3. The summed E-state index contributed by atoms with van der Waals surface area (Å²) in [6, 6.07) is 27.0. The van der Waals surface area contributed by atoms with Crippen LogP contribution in [0.25, 0.3) is 55.4 Å². The Labute approximate surface area is 260 Å². The highest BCUT2D eigenvalue weighted by Crippen LogP contribution is 2.43. The van der Waals surface area contributed by atoms with Gasteiger partial charge in [-0.25, -0.2) is 4.98 Å². The number of nitrogens with zero attached hydrogens (tertiary/aromatic N) is 2. The van der Waals surface area contributed by atoms with Gasteiger partial charge in [-0.05, 0) is 99.2 Å². The topological polar surface area (TPSA) is 41.6 Å². The van der Waals surface area contributed by atoms with Crippen molar-refractivity contribution in [3.63, 3.8) is 0 Å². The fourth-order valence-corrected chi connectivity index (χ4v) is 5.85. The molecule has 224 valence electrons. The van der Waals surface area contributed by atoms with Crippen molar-refractivity contribution in [1.29, 1.82) is 0 Å². The first-order valence-electron chi connectivity index (χ1n) is 15.4. The quantitative estimate of drug-likeness (QED) is 0.211. The van der Waals surface area contributed by atoms with E-state index in [4.69, 9.17) is 4.98 Å². The van der Waals surface area contributed by atoms with Gasteiger partial charge in [-0.1, -0.05) is 80.5 Å². The standard InChI is InChI=1S/C40H42FN3/c1-38(2,3)26-18-24(17-25(19-26)33-14-12-15-35(41)43-33)29-20-27(39(4,5)6)21-30-31-22-28(40(7,8)9)23-32(37(31)44-36(29)30)34-13-10-11-16-42-34/h10-23,44H,1-9H3. The highest BCUT2D eigenvalue weighted by atomic mass is 19.1. The Kier molecular flexibility index (Phi) is 7.03. The molecule has 6 aromatic rings. The normalized spacial score (nSPS) is 12.8. The van der Waals surface area contributed by atoms with E-state index in [2.05, 4.69) is 121 Å². The summed E-state index contributed by atoms with van der Waals surface area (Å²) in [5.41, 5.74) is 11.4. The van der Waals surface area contributed by atoms with E-state index in [1.54, 1.807) is 6.07 Å². The predicted molar refractivity (Wildman–Crippen MR) is 184 cm³/mol. The molecule has 0 bridgehead atoms. The fraction of sp³-hybridized carbons (Fsp3) is 0.300. The van der Waals surface area contributed by atoms with E-state index in [1.807, 2.05) is 24.4 Å². The van der Waals surface area contributed by atoms with E-state index in [-0.39, 0.29) is 16.2 Å². The van der Waals surface area contributed by atoms with Crippen LogP contribution in [-0.4, -0.2) is 15.0 Å². The minimum absolute atomic E-state index is 0.0420. The van der Waals surface area contributed by atoms with Gasteiger partial charge in [0.05, 0.1) is 22.4 Å². The number of benzene rings is 3. The lowest BCUT2D eigenvalue weighted by Gasteiger charge is -2.23. The summed E-state index contributed by atoms with van der Waals surface area (Å²) in [4.78, 5) is 12.9. The highest BCUT2D eigenvalue weighted by molar-refractivity contribution is 6.16. The van der Waals surface area contributed by atoms with Crippen molar-refractivity contribution < 1.29 is 4.39 Å². The molecular formula is C40H42FN3. The van der Waals surface area contributed by atoms with Crippen LogP contribution < -0.4 is 0 Å². The fourth-order valence-electron chi connectivity index (χ4n) is 5.85. The number of halogens is 1. The second-order valence-electron chi connectivity index (χ2n) is 15.1. The van der Waals surface area contributed by atoms with Crippen LogP contribution in [0.5, 0.6) is 0 Å². The van der Waals surface area contributed by atoms with Crippen LogP contribution in [0.2, 0.25) is 0 Å². The van der Waals surface area contributed by atoms with Crippen LogP contribution in [0.4, 0.5) is 4.39 Å². The molecule has 0 atom stereocenters. The molecule has 0 saturated heterocycles. The lowest BCUT2D eigenvalue weighted by molar-refractivity contribution is 0.584. The van der Waals surface area contributed by atoms with Crippen LogP contribution in [0.3, 0.4) is 0 Å². The number of pyridine rings is 2. The SMILES string of the molecule is CC(C)(C)c1cc(-c2cccc(F)n2)cc(-c2cc(C(C)(C)C)cc3c2[nH]c2c(-c4ccccn4)cc(C(C)(C)C)cc23)c1. The molecule has 0 unspecified atom stereocenters. The zero-order chi connectivity index (χ0) is 31.6. The molecule has 0 fully saturated rings. The molecular weight excluding hydrogens is 541 g/mol. The number of hydrogen-bond acceptors (Lipinski definition) is 2. The second kappa shape index (κ2) is 10.4. The van der Waals surface area contributed by atoms with E-state index >= 15 is 0 Å². The maximum absolute atomic E-state index is 14.3. The number of hydrogen-bond donors (Lipinski definition) is 1. The largest absolute Gasteiger partial charge is 0.353 e. The van der Waals surface area contributed by atoms with Crippen molar-refractivity contribution in [3.05, 3.63) is 108 Å². The maximum Gasteiger partial charge on any atom is 0.213 e. The van der Waals surface area contributed by atoms with Gasteiger partial charge >= 0.3 is 0 Å². The van der Waals surface area contributed by atoms with Crippen LogP contribution >= 0.6 is 0 Å². The first kappa shape index (κ1) is 29.7.